The first-order valence-corrected chi connectivity index (χ1v) is 6.48. The van der Waals surface area contributed by atoms with Gasteiger partial charge in [-0.15, -0.1) is 0 Å². The highest BCUT2D eigenvalue weighted by Gasteiger charge is 2.23. The molecule has 1 fully saturated rings. The van der Waals surface area contributed by atoms with Crippen molar-refractivity contribution in [2.45, 2.75) is 38.5 Å². The normalized spacial score (nSPS) is 26.6. The van der Waals surface area contributed by atoms with Crippen molar-refractivity contribution in [3.8, 4) is 0 Å². The molecule has 1 aliphatic carbocycles. The summed E-state index contributed by atoms with van der Waals surface area (Å²) in [6.07, 6.45) is 9.91. The molecule has 16 heavy (non-hydrogen) atoms. The van der Waals surface area contributed by atoms with E-state index in [1.54, 1.807) is 0 Å². The molecule has 0 spiro atoms. The van der Waals surface area contributed by atoms with Crippen LogP contribution in [0.15, 0.2) is 12.3 Å². The van der Waals surface area contributed by atoms with Crippen LogP contribution in [0.1, 0.15) is 37.8 Å². The number of aromatic nitrogens is 2. The van der Waals surface area contributed by atoms with Gasteiger partial charge in [-0.1, -0.05) is 19.3 Å². The predicted octanol–water partition coefficient (Wildman–Crippen LogP) is 2.12. The van der Waals surface area contributed by atoms with Crippen LogP contribution in [0.4, 0.5) is 0 Å². The van der Waals surface area contributed by atoms with E-state index in [9.17, 15) is 0 Å². The van der Waals surface area contributed by atoms with E-state index in [1.165, 1.54) is 37.8 Å². The molecule has 0 radical (unpaired) electrons. The summed E-state index contributed by atoms with van der Waals surface area (Å²) in [6.45, 7) is 0.845. The Morgan fingerprint density at radius 2 is 2.06 bits per heavy atom. The largest absolute Gasteiger partial charge is 0.330 e. The van der Waals surface area contributed by atoms with E-state index < -0.39 is 0 Å². The Morgan fingerprint density at radius 3 is 2.69 bits per heavy atom. The first-order chi connectivity index (χ1) is 7.79. The Kier molecular flexibility index (Phi) is 3.99. The van der Waals surface area contributed by atoms with Crippen molar-refractivity contribution in [1.29, 1.82) is 0 Å². The van der Waals surface area contributed by atoms with Crippen LogP contribution < -0.4 is 5.73 Å². The molecule has 1 saturated carbocycles. The van der Waals surface area contributed by atoms with Crippen LogP contribution in [0.25, 0.3) is 0 Å². The van der Waals surface area contributed by atoms with Gasteiger partial charge < -0.3 is 5.73 Å². The highest BCUT2D eigenvalue weighted by molar-refractivity contribution is 5.01. The summed E-state index contributed by atoms with van der Waals surface area (Å²) >= 11 is 0. The van der Waals surface area contributed by atoms with Crippen LogP contribution in [0.5, 0.6) is 0 Å². The molecule has 0 aliphatic heterocycles. The van der Waals surface area contributed by atoms with Crippen LogP contribution in [0, 0.1) is 11.8 Å². The van der Waals surface area contributed by atoms with Crippen LogP contribution in [0.3, 0.4) is 0 Å². The molecule has 0 bridgehead atoms. The van der Waals surface area contributed by atoms with Gasteiger partial charge in [0.1, 0.15) is 0 Å². The zero-order valence-electron chi connectivity index (χ0n) is 10.2. The smallest absolute Gasteiger partial charge is 0.0627 e. The first kappa shape index (κ1) is 11.6. The number of aryl methyl sites for hydroxylation is 1. The minimum Gasteiger partial charge on any atom is -0.330 e. The van der Waals surface area contributed by atoms with Gasteiger partial charge >= 0.3 is 0 Å². The maximum atomic E-state index is 5.90. The summed E-state index contributed by atoms with van der Waals surface area (Å²) in [5.41, 5.74) is 7.13. The fraction of sp³-hybridized carbons (Fsp3) is 0.769. The molecule has 2 rings (SSSR count). The van der Waals surface area contributed by atoms with E-state index in [0.29, 0.717) is 5.92 Å². The summed E-state index contributed by atoms with van der Waals surface area (Å²) in [7, 11) is 1.98. The lowest BCUT2D eigenvalue weighted by Crippen LogP contribution is -2.24. The van der Waals surface area contributed by atoms with Gasteiger partial charge in [0.05, 0.1) is 5.69 Å². The minimum absolute atomic E-state index is 0.713. The van der Waals surface area contributed by atoms with Gasteiger partial charge in [-0.2, -0.15) is 5.10 Å². The molecule has 0 amide bonds. The molecule has 1 aromatic heterocycles. The maximum Gasteiger partial charge on any atom is 0.0627 e. The molecule has 2 N–H and O–H groups in total. The molecular formula is C13H23N3. The predicted molar refractivity (Wildman–Crippen MR) is 66.0 cm³/mol. The van der Waals surface area contributed by atoms with Crippen LogP contribution >= 0.6 is 0 Å². The summed E-state index contributed by atoms with van der Waals surface area (Å²) in [5, 5.41) is 4.48. The van der Waals surface area contributed by atoms with E-state index in [-0.39, 0.29) is 0 Å². The van der Waals surface area contributed by atoms with Crippen molar-refractivity contribution in [3.05, 3.63) is 18.0 Å². The van der Waals surface area contributed by atoms with Crippen molar-refractivity contribution in [2.24, 2.45) is 24.6 Å². The first-order valence-electron chi connectivity index (χ1n) is 6.48. The van der Waals surface area contributed by atoms with Crippen molar-refractivity contribution in [3.63, 3.8) is 0 Å². The van der Waals surface area contributed by atoms with Crippen LogP contribution in [0.2, 0.25) is 0 Å². The average Bonchev–Trinajstić information content (AvgIpc) is 2.56. The van der Waals surface area contributed by atoms with Gasteiger partial charge in [0.2, 0.25) is 0 Å². The molecule has 90 valence electrons. The Morgan fingerprint density at radius 1 is 1.31 bits per heavy atom. The zero-order chi connectivity index (χ0) is 11.4. The maximum absolute atomic E-state index is 5.90. The highest BCUT2D eigenvalue weighted by atomic mass is 15.2. The summed E-state index contributed by atoms with van der Waals surface area (Å²) < 4.78 is 1.89. The lowest BCUT2D eigenvalue weighted by atomic mass is 9.84. The summed E-state index contributed by atoms with van der Waals surface area (Å²) in [4.78, 5) is 0. The van der Waals surface area contributed by atoms with Gasteiger partial charge in [0.15, 0.2) is 0 Å². The molecule has 3 heteroatoms. The van der Waals surface area contributed by atoms with E-state index in [0.717, 1.165) is 18.9 Å². The van der Waals surface area contributed by atoms with Crippen LogP contribution in [-0.4, -0.2) is 16.3 Å². The Bertz CT molecular complexity index is 319. The second-order valence-corrected chi connectivity index (χ2v) is 5.08. The molecule has 1 aliphatic rings. The number of nitrogens with zero attached hydrogens (tertiary/aromatic N) is 2. The van der Waals surface area contributed by atoms with Crippen molar-refractivity contribution >= 4 is 0 Å². The lowest BCUT2D eigenvalue weighted by molar-refractivity contribution is 0.315. The fourth-order valence-electron chi connectivity index (χ4n) is 2.88. The monoisotopic (exact) mass is 221 g/mol. The topological polar surface area (TPSA) is 43.8 Å². The second-order valence-electron chi connectivity index (χ2n) is 5.08. The van der Waals surface area contributed by atoms with Crippen molar-refractivity contribution < 1.29 is 0 Å². The number of hydrogen-bond acceptors (Lipinski definition) is 2. The van der Waals surface area contributed by atoms with Crippen molar-refractivity contribution in [1.82, 2.24) is 9.78 Å². The summed E-state index contributed by atoms with van der Waals surface area (Å²) in [5.74, 6) is 1.46. The van der Waals surface area contributed by atoms with E-state index in [4.69, 9.17) is 5.73 Å². The number of nitrogens with two attached hydrogens (primary N) is 1. The average molecular weight is 221 g/mol. The quantitative estimate of drug-likeness (QED) is 0.795. The zero-order valence-corrected chi connectivity index (χ0v) is 10.2. The fourth-order valence-corrected chi connectivity index (χ4v) is 2.88. The highest BCUT2D eigenvalue weighted by Crippen LogP contribution is 2.30. The molecule has 2 atom stereocenters. The third-order valence-corrected chi connectivity index (χ3v) is 3.86. The van der Waals surface area contributed by atoms with Crippen LogP contribution in [-0.2, 0) is 13.5 Å². The molecular weight excluding hydrogens is 198 g/mol. The minimum atomic E-state index is 0.713. The molecule has 3 nitrogen and oxygen atoms in total. The summed E-state index contributed by atoms with van der Waals surface area (Å²) in [6, 6.07) is 2.14. The molecule has 2 unspecified atom stereocenters. The van der Waals surface area contributed by atoms with E-state index in [2.05, 4.69) is 11.2 Å². The molecule has 1 heterocycles. The van der Waals surface area contributed by atoms with Gasteiger partial charge in [0.25, 0.3) is 0 Å². The third kappa shape index (κ3) is 2.85. The second kappa shape index (κ2) is 5.48. The molecule has 0 aromatic carbocycles. The lowest BCUT2D eigenvalue weighted by Gasteiger charge is -2.22. The third-order valence-electron chi connectivity index (χ3n) is 3.86. The van der Waals surface area contributed by atoms with E-state index in [1.807, 2.05) is 17.9 Å². The molecule has 1 aromatic rings. The number of rotatable bonds is 3. The Labute approximate surface area is 98.0 Å². The van der Waals surface area contributed by atoms with Gasteiger partial charge in [-0.05, 0) is 43.7 Å². The number of hydrogen-bond donors (Lipinski definition) is 1. The van der Waals surface area contributed by atoms with Gasteiger partial charge in [-0.25, -0.2) is 0 Å². The Hall–Kier alpha value is -0.830. The van der Waals surface area contributed by atoms with E-state index >= 15 is 0 Å². The van der Waals surface area contributed by atoms with Crippen molar-refractivity contribution in [2.75, 3.05) is 6.54 Å². The van der Waals surface area contributed by atoms with Gasteiger partial charge in [0, 0.05) is 13.2 Å². The molecule has 0 saturated heterocycles. The van der Waals surface area contributed by atoms with Gasteiger partial charge in [-0.3, -0.25) is 4.68 Å². The SMILES string of the molecule is Cn1ccc(CC2CCCCCC2CN)n1. The standard InChI is InChI=1S/C13H23N3/c1-16-8-7-13(15-16)9-11-5-3-2-4-6-12(11)10-14/h7-8,11-12H,2-6,9-10,14H2,1H3. The Balaban J connectivity index is 1.99.